The predicted octanol–water partition coefficient (Wildman–Crippen LogP) is 4.10. The van der Waals surface area contributed by atoms with Crippen LogP contribution in [-0.4, -0.2) is 5.11 Å². The van der Waals surface area contributed by atoms with Gasteiger partial charge in [0.15, 0.2) is 0 Å². The molecule has 0 aliphatic heterocycles. The molecular weight excluding hydrogens is 240 g/mol. The molecule has 1 aromatic carbocycles. The van der Waals surface area contributed by atoms with Crippen molar-refractivity contribution >= 4 is 22.9 Å². The van der Waals surface area contributed by atoms with Gasteiger partial charge in [0.1, 0.15) is 6.10 Å². The van der Waals surface area contributed by atoms with Gasteiger partial charge in [-0.25, -0.2) is 0 Å². The third-order valence-electron chi connectivity index (χ3n) is 2.57. The van der Waals surface area contributed by atoms with Gasteiger partial charge in [0, 0.05) is 0 Å². The lowest BCUT2D eigenvalue weighted by Gasteiger charge is -2.10. The zero-order chi connectivity index (χ0) is 11.7. The number of hydrogen-bond acceptors (Lipinski definition) is 2. The summed E-state index contributed by atoms with van der Waals surface area (Å²) in [5.41, 5.74) is 3.09. The highest BCUT2D eigenvalue weighted by Crippen LogP contribution is 2.35. The Balaban J connectivity index is 2.35. The molecule has 16 heavy (non-hydrogen) atoms. The number of rotatable bonds is 2. The molecule has 1 unspecified atom stereocenters. The van der Waals surface area contributed by atoms with Crippen molar-refractivity contribution in [3.63, 3.8) is 0 Å². The summed E-state index contributed by atoms with van der Waals surface area (Å²) in [5, 5.41) is 12.8. The summed E-state index contributed by atoms with van der Waals surface area (Å²) in [6, 6.07) is 7.86. The van der Waals surface area contributed by atoms with Crippen molar-refractivity contribution in [2.24, 2.45) is 0 Å². The summed E-state index contributed by atoms with van der Waals surface area (Å²) >= 11 is 7.64. The van der Waals surface area contributed by atoms with Gasteiger partial charge < -0.3 is 5.11 Å². The predicted molar refractivity (Wildman–Crippen MR) is 69.3 cm³/mol. The molecule has 1 heterocycles. The summed E-state index contributed by atoms with van der Waals surface area (Å²) < 4.78 is 0. The largest absolute Gasteiger partial charge is 0.383 e. The van der Waals surface area contributed by atoms with E-state index in [0.29, 0.717) is 5.02 Å². The lowest BCUT2D eigenvalue weighted by Crippen LogP contribution is -1.97. The van der Waals surface area contributed by atoms with Crippen LogP contribution in [0.2, 0.25) is 5.02 Å². The summed E-state index contributed by atoms with van der Waals surface area (Å²) in [6.45, 7) is 3.97. The first-order chi connectivity index (χ1) is 7.59. The van der Waals surface area contributed by atoms with Crippen LogP contribution in [-0.2, 0) is 0 Å². The molecule has 0 radical (unpaired) electrons. The molecule has 0 bridgehead atoms. The Morgan fingerprint density at radius 1 is 1.19 bits per heavy atom. The second-order valence-electron chi connectivity index (χ2n) is 3.91. The molecule has 0 aliphatic carbocycles. The minimum Gasteiger partial charge on any atom is -0.383 e. The van der Waals surface area contributed by atoms with Crippen molar-refractivity contribution in [2.45, 2.75) is 20.0 Å². The van der Waals surface area contributed by atoms with E-state index >= 15 is 0 Å². The molecule has 1 atom stereocenters. The van der Waals surface area contributed by atoms with Gasteiger partial charge in [-0.1, -0.05) is 41.4 Å². The standard InChI is InChI=1S/C13H13ClOS/c1-8-3-5-10(6-4-8)12(15)13-11(14)9(2)7-16-13/h3-7,12,15H,1-2H3. The summed E-state index contributed by atoms with van der Waals surface area (Å²) in [5.74, 6) is 0. The first-order valence-corrected chi connectivity index (χ1v) is 6.33. The van der Waals surface area contributed by atoms with E-state index in [1.54, 1.807) is 0 Å². The van der Waals surface area contributed by atoms with E-state index in [9.17, 15) is 5.11 Å². The lowest BCUT2D eigenvalue weighted by atomic mass is 10.1. The maximum atomic E-state index is 10.2. The Hall–Kier alpha value is -0.830. The zero-order valence-corrected chi connectivity index (χ0v) is 10.8. The minimum atomic E-state index is -0.619. The Morgan fingerprint density at radius 2 is 1.81 bits per heavy atom. The molecule has 1 nitrogen and oxygen atoms in total. The zero-order valence-electron chi connectivity index (χ0n) is 9.20. The summed E-state index contributed by atoms with van der Waals surface area (Å²) in [4.78, 5) is 0.822. The van der Waals surface area contributed by atoms with Crippen LogP contribution in [0.15, 0.2) is 29.6 Å². The number of halogens is 1. The molecule has 1 aromatic heterocycles. The van der Waals surface area contributed by atoms with Gasteiger partial charge in [0.25, 0.3) is 0 Å². The highest BCUT2D eigenvalue weighted by molar-refractivity contribution is 7.10. The second kappa shape index (κ2) is 4.58. The SMILES string of the molecule is Cc1ccc(C(O)c2scc(C)c2Cl)cc1. The first-order valence-electron chi connectivity index (χ1n) is 5.07. The van der Waals surface area contributed by atoms with E-state index < -0.39 is 6.10 Å². The molecule has 0 fully saturated rings. The number of thiophene rings is 1. The molecule has 0 amide bonds. The molecule has 0 saturated carbocycles. The van der Waals surface area contributed by atoms with E-state index in [0.717, 1.165) is 16.0 Å². The second-order valence-corrected chi connectivity index (χ2v) is 5.20. The molecule has 0 spiro atoms. The summed E-state index contributed by atoms with van der Waals surface area (Å²) in [6.07, 6.45) is -0.619. The molecule has 2 rings (SSSR count). The average molecular weight is 253 g/mol. The van der Waals surface area contributed by atoms with E-state index in [1.807, 2.05) is 43.5 Å². The fourth-order valence-electron chi connectivity index (χ4n) is 1.53. The Morgan fingerprint density at radius 3 is 2.31 bits per heavy atom. The van der Waals surface area contributed by atoms with E-state index in [2.05, 4.69) is 0 Å². The van der Waals surface area contributed by atoms with Crippen molar-refractivity contribution in [3.8, 4) is 0 Å². The Kier molecular flexibility index (Phi) is 3.33. The molecule has 0 saturated heterocycles. The number of aliphatic hydroxyl groups excluding tert-OH is 1. The average Bonchev–Trinajstić information content (AvgIpc) is 2.60. The normalized spacial score (nSPS) is 12.8. The van der Waals surface area contributed by atoms with Gasteiger partial charge >= 0.3 is 0 Å². The van der Waals surface area contributed by atoms with Gasteiger partial charge in [-0.3, -0.25) is 0 Å². The smallest absolute Gasteiger partial charge is 0.115 e. The van der Waals surface area contributed by atoms with Crippen LogP contribution < -0.4 is 0 Å². The highest BCUT2D eigenvalue weighted by atomic mass is 35.5. The van der Waals surface area contributed by atoms with Crippen molar-refractivity contribution in [3.05, 3.63) is 56.2 Å². The molecule has 2 aromatic rings. The van der Waals surface area contributed by atoms with E-state index in [-0.39, 0.29) is 0 Å². The molecule has 3 heteroatoms. The number of benzene rings is 1. The quantitative estimate of drug-likeness (QED) is 0.853. The van der Waals surface area contributed by atoms with Crippen LogP contribution in [0.1, 0.15) is 27.7 Å². The highest BCUT2D eigenvalue weighted by Gasteiger charge is 2.16. The van der Waals surface area contributed by atoms with Crippen LogP contribution in [0.25, 0.3) is 0 Å². The van der Waals surface area contributed by atoms with Crippen molar-refractivity contribution < 1.29 is 5.11 Å². The Labute approximate surface area is 104 Å². The van der Waals surface area contributed by atoms with Crippen molar-refractivity contribution in [1.82, 2.24) is 0 Å². The maximum absolute atomic E-state index is 10.2. The number of hydrogen-bond donors (Lipinski definition) is 1. The topological polar surface area (TPSA) is 20.2 Å². The molecule has 1 N–H and O–H groups in total. The van der Waals surface area contributed by atoms with E-state index in [1.165, 1.54) is 16.9 Å². The van der Waals surface area contributed by atoms with Crippen LogP contribution in [0.4, 0.5) is 0 Å². The van der Waals surface area contributed by atoms with Crippen LogP contribution >= 0.6 is 22.9 Å². The van der Waals surface area contributed by atoms with Gasteiger partial charge in [0.2, 0.25) is 0 Å². The number of aliphatic hydroxyl groups is 1. The van der Waals surface area contributed by atoms with Crippen molar-refractivity contribution in [1.29, 1.82) is 0 Å². The van der Waals surface area contributed by atoms with Crippen LogP contribution in [0, 0.1) is 13.8 Å². The van der Waals surface area contributed by atoms with Gasteiger partial charge in [0.05, 0.1) is 9.90 Å². The third kappa shape index (κ3) is 2.14. The fraction of sp³-hybridized carbons (Fsp3) is 0.231. The maximum Gasteiger partial charge on any atom is 0.115 e. The molecular formula is C13H13ClOS. The van der Waals surface area contributed by atoms with Gasteiger partial charge in [-0.2, -0.15) is 0 Å². The van der Waals surface area contributed by atoms with Crippen molar-refractivity contribution in [2.75, 3.05) is 0 Å². The summed E-state index contributed by atoms with van der Waals surface area (Å²) in [7, 11) is 0. The monoisotopic (exact) mass is 252 g/mol. The van der Waals surface area contributed by atoms with Gasteiger partial charge in [-0.15, -0.1) is 11.3 Å². The molecule has 0 aliphatic rings. The Bertz CT molecular complexity index is 487. The lowest BCUT2D eigenvalue weighted by molar-refractivity contribution is 0.224. The number of aryl methyl sites for hydroxylation is 2. The first kappa shape index (κ1) is 11.6. The van der Waals surface area contributed by atoms with Crippen LogP contribution in [0.3, 0.4) is 0 Å². The van der Waals surface area contributed by atoms with Crippen LogP contribution in [0.5, 0.6) is 0 Å². The molecule has 84 valence electrons. The third-order valence-corrected chi connectivity index (χ3v) is 4.33. The fourth-order valence-corrected chi connectivity index (χ4v) is 2.84. The van der Waals surface area contributed by atoms with E-state index in [4.69, 9.17) is 11.6 Å². The van der Waals surface area contributed by atoms with Gasteiger partial charge in [-0.05, 0) is 30.4 Å². The minimum absolute atomic E-state index is 0.619.